The van der Waals surface area contributed by atoms with Gasteiger partial charge in [-0.05, 0) is 11.0 Å². The van der Waals surface area contributed by atoms with Gasteiger partial charge in [0.15, 0.2) is 0 Å². The maximum atomic E-state index is 11.0. The van der Waals surface area contributed by atoms with Crippen LogP contribution in [-0.2, 0) is 31.6 Å². The summed E-state index contributed by atoms with van der Waals surface area (Å²) >= 11 is 0. The van der Waals surface area contributed by atoms with Crippen molar-refractivity contribution in [2.24, 2.45) is 0 Å². The quantitative estimate of drug-likeness (QED) is 0.402. The van der Waals surface area contributed by atoms with Gasteiger partial charge < -0.3 is 35.3 Å². The fourth-order valence-corrected chi connectivity index (χ4v) is 1.68. The first kappa shape index (κ1) is 31.6. The second-order valence-electron chi connectivity index (χ2n) is 5.63. The van der Waals surface area contributed by atoms with Crippen LogP contribution in [0.1, 0.15) is 43.1 Å². The van der Waals surface area contributed by atoms with E-state index in [1.165, 1.54) is 0 Å². The van der Waals surface area contributed by atoms with Crippen LogP contribution in [0.2, 0.25) is 13.1 Å². The van der Waals surface area contributed by atoms with Crippen molar-refractivity contribution in [2.45, 2.75) is 45.7 Å². The van der Waals surface area contributed by atoms with E-state index in [9.17, 15) is 4.79 Å². The SMILES string of the molecule is CC(C)(C)c1ccccc1C([NH-])=O.C[Si]C.[C-]1=CC=CC1.[Cl-].[Cl-].[Zr+4]. The van der Waals surface area contributed by atoms with Crippen LogP contribution < -0.4 is 24.8 Å². The summed E-state index contributed by atoms with van der Waals surface area (Å²) in [4.78, 5) is 11.0. The Labute approximate surface area is 181 Å². The van der Waals surface area contributed by atoms with Crippen LogP contribution in [-0.4, -0.2) is 15.4 Å². The topological polar surface area (TPSA) is 40.9 Å². The summed E-state index contributed by atoms with van der Waals surface area (Å²) in [5.74, 6) is -0.606. The standard InChI is InChI=1S/C11H15NO.C5H5.C2H6Si.2ClH.Zr/c1-11(2,3)9-7-5-4-6-8(9)10(12)13;1-2-4-5-3-1;1-3-2;;;/h4-7H,1-3H3,(H2,12,13);1-3H,4H2;1-2H3;2*1H;/q;-1;;;;+4/p-3. The molecular formula is C18H25Cl2NOSiZr. The number of hydrogen-bond acceptors (Lipinski definition) is 1. The molecule has 0 heterocycles. The van der Waals surface area contributed by atoms with Crippen molar-refractivity contribution in [3.8, 4) is 0 Å². The van der Waals surface area contributed by atoms with Crippen molar-refractivity contribution >= 4 is 15.4 Å². The summed E-state index contributed by atoms with van der Waals surface area (Å²) < 4.78 is 0. The van der Waals surface area contributed by atoms with E-state index < -0.39 is 5.91 Å². The molecule has 2 rings (SSSR count). The van der Waals surface area contributed by atoms with Crippen LogP contribution in [0.4, 0.5) is 0 Å². The zero-order valence-corrected chi connectivity index (χ0v) is 19.9. The third kappa shape index (κ3) is 14.2. The minimum absolute atomic E-state index is 0. The molecule has 24 heavy (non-hydrogen) atoms. The fraction of sp³-hybridized carbons (Fsp3) is 0.389. The van der Waals surface area contributed by atoms with Crippen LogP contribution in [0.5, 0.6) is 0 Å². The van der Waals surface area contributed by atoms with Gasteiger partial charge >= 0.3 is 26.2 Å². The van der Waals surface area contributed by atoms with Crippen molar-refractivity contribution in [1.29, 1.82) is 0 Å². The Morgan fingerprint density at radius 1 is 1.17 bits per heavy atom. The van der Waals surface area contributed by atoms with Gasteiger partial charge in [-0.15, -0.1) is 6.42 Å². The summed E-state index contributed by atoms with van der Waals surface area (Å²) in [6, 6.07) is 7.29. The Morgan fingerprint density at radius 2 is 1.67 bits per heavy atom. The van der Waals surface area contributed by atoms with E-state index in [-0.39, 0.29) is 56.4 Å². The number of nitrogens with one attached hydrogen (secondary N) is 1. The van der Waals surface area contributed by atoms with Crippen LogP contribution in [0.3, 0.4) is 0 Å². The molecule has 0 saturated carbocycles. The molecule has 0 bridgehead atoms. The van der Waals surface area contributed by atoms with Crippen LogP contribution >= 0.6 is 0 Å². The first-order chi connectivity index (χ1) is 9.84. The number of carbonyl (C=O) groups is 1. The third-order valence-corrected chi connectivity index (χ3v) is 2.57. The van der Waals surface area contributed by atoms with Crippen molar-refractivity contribution in [3.05, 3.63) is 65.4 Å². The second-order valence-corrected chi connectivity index (χ2v) is 6.63. The zero-order chi connectivity index (χ0) is 16.3. The smallest absolute Gasteiger partial charge is 1.00 e. The first-order valence-corrected chi connectivity index (χ1v) is 9.00. The number of hydrogen-bond donors (Lipinski definition) is 0. The predicted molar refractivity (Wildman–Crippen MR) is 92.8 cm³/mol. The molecule has 2 radical (unpaired) electrons. The van der Waals surface area contributed by atoms with Crippen LogP contribution in [0, 0.1) is 6.08 Å². The number of amides is 1. The van der Waals surface area contributed by atoms with Crippen molar-refractivity contribution in [2.75, 3.05) is 0 Å². The molecule has 1 N–H and O–H groups in total. The zero-order valence-electron chi connectivity index (χ0n) is 14.9. The molecular weight excluding hydrogens is 436 g/mol. The van der Waals surface area contributed by atoms with Gasteiger partial charge in [0.2, 0.25) is 0 Å². The van der Waals surface area contributed by atoms with Gasteiger partial charge in [0.1, 0.15) is 0 Å². The van der Waals surface area contributed by atoms with E-state index >= 15 is 0 Å². The average molecular weight is 462 g/mol. The number of carbonyl (C=O) groups excluding carboxylic acids is 1. The van der Waals surface area contributed by atoms with Gasteiger partial charge in [0, 0.05) is 15.1 Å². The maximum absolute atomic E-state index is 11.0. The Morgan fingerprint density at radius 3 is 1.92 bits per heavy atom. The first-order valence-electron chi connectivity index (χ1n) is 7.00. The Kier molecular flexibility index (Phi) is 23.3. The molecule has 0 saturated heterocycles. The molecule has 1 aromatic carbocycles. The van der Waals surface area contributed by atoms with E-state index in [2.05, 4.69) is 25.2 Å². The van der Waals surface area contributed by atoms with Gasteiger partial charge in [-0.25, -0.2) is 12.2 Å². The van der Waals surface area contributed by atoms with Crippen LogP contribution in [0.15, 0.2) is 42.5 Å². The molecule has 1 aliphatic rings. The Bertz CT molecular complexity index is 490. The normalized spacial score (nSPS) is 10.5. The van der Waals surface area contributed by atoms with Gasteiger partial charge in [-0.2, -0.15) is 6.08 Å². The molecule has 2 nitrogen and oxygen atoms in total. The van der Waals surface area contributed by atoms with Gasteiger partial charge in [0.25, 0.3) is 0 Å². The maximum Gasteiger partial charge on any atom is 4.00 e. The molecule has 6 heteroatoms. The molecule has 1 amide bonds. The Balaban J connectivity index is -0.000000154. The number of rotatable bonds is 1. The van der Waals surface area contributed by atoms with E-state index in [1.807, 2.05) is 45.1 Å². The largest absolute Gasteiger partial charge is 4.00 e. The van der Waals surface area contributed by atoms with Crippen molar-refractivity contribution in [1.82, 2.24) is 0 Å². The minimum Gasteiger partial charge on any atom is -1.00 e. The molecule has 0 fully saturated rings. The monoisotopic (exact) mass is 459 g/mol. The van der Waals surface area contributed by atoms with E-state index in [4.69, 9.17) is 5.73 Å². The molecule has 1 aromatic rings. The van der Waals surface area contributed by atoms with Gasteiger partial charge in [0.05, 0.1) is 5.91 Å². The molecule has 0 aromatic heterocycles. The van der Waals surface area contributed by atoms with Crippen LogP contribution in [0.25, 0.3) is 5.73 Å². The molecule has 0 atom stereocenters. The van der Waals surface area contributed by atoms with Crippen molar-refractivity contribution in [3.63, 3.8) is 0 Å². The summed E-state index contributed by atoms with van der Waals surface area (Å²) in [5, 5.41) is 0. The number of halogens is 2. The van der Waals surface area contributed by atoms with Gasteiger partial charge in [-0.1, -0.05) is 58.1 Å². The summed E-state index contributed by atoms with van der Waals surface area (Å²) in [6.07, 6.45) is 10.0. The summed E-state index contributed by atoms with van der Waals surface area (Å²) in [6.45, 7) is 10.4. The number of benzene rings is 1. The van der Waals surface area contributed by atoms with Gasteiger partial charge in [-0.3, -0.25) is 6.08 Å². The molecule has 0 spiro atoms. The minimum atomic E-state index is -0.606. The number of allylic oxidation sites excluding steroid dienone is 4. The average Bonchev–Trinajstić information content (AvgIpc) is 2.97. The predicted octanol–water partition coefficient (Wildman–Crippen LogP) is -0.726. The third-order valence-electron chi connectivity index (χ3n) is 2.57. The van der Waals surface area contributed by atoms with E-state index in [0.717, 1.165) is 21.5 Å². The molecule has 1 aliphatic carbocycles. The molecule has 0 unspecified atom stereocenters. The molecule has 0 aliphatic heterocycles. The molecule has 130 valence electrons. The Hall–Kier alpha value is -0.150. The summed E-state index contributed by atoms with van der Waals surface area (Å²) in [7, 11) is 1.08. The van der Waals surface area contributed by atoms with E-state index in [1.54, 1.807) is 12.1 Å². The second kappa shape index (κ2) is 17.7. The fourth-order valence-electron chi connectivity index (χ4n) is 1.68. The van der Waals surface area contributed by atoms with E-state index in [0.29, 0.717) is 5.56 Å². The van der Waals surface area contributed by atoms with Crippen molar-refractivity contribution < 1.29 is 55.8 Å². The summed E-state index contributed by atoms with van der Waals surface area (Å²) in [5.41, 5.74) is 8.47.